The second-order valence-corrected chi connectivity index (χ2v) is 6.59. The molecule has 2 rings (SSSR count). The van der Waals surface area contributed by atoms with E-state index in [0.717, 1.165) is 34.5 Å². The number of rotatable bonds is 6. The Bertz CT molecular complexity index is 597. The van der Waals surface area contributed by atoms with Gasteiger partial charge in [-0.15, -0.1) is 11.3 Å². The quantitative estimate of drug-likeness (QED) is 0.853. The van der Waals surface area contributed by atoms with Gasteiger partial charge in [0.2, 0.25) is 0 Å². The molecule has 0 aliphatic carbocycles. The first kappa shape index (κ1) is 16.3. The summed E-state index contributed by atoms with van der Waals surface area (Å²) < 4.78 is 0. The van der Waals surface area contributed by atoms with Gasteiger partial charge in [-0.25, -0.2) is 4.98 Å². The molecular weight excluding hydrogens is 302 g/mol. The highest BCUT2D eigenvalue weighted by Gasteiger charge is 2.16. The van der Waals surface area contributed by atoms with Crippen molar-refractivity contribution in [2.24, 2.45) is 0 Å². The van der Waals surface area contributed by atoms with E-state index in [2.05, 4.69) is 44.1 Å². The fraction of sp³-hybridized carbons (Fsp3) is 0.438. The van der Waals surface area contributed by atoms with Crippen LogP contribution in [-0.4, -0.2) is 18.6 Å². The van der Waals surface area contributed by atoms with E-state index in [0.29, 0.717) is 6.04 Å². The predicted octanol–water partition coefficient (Wildman–Crippen LogP) is 4.41. The summed E-state index contributed by atoms with van der Waals surface area (Å²) in [6.45, 7) is 8.11. The third-order valence-corrected chi connectivity index (χ3v) is 5.24. The minimum absolute atomic E-state index is 0.343. The summed E-state index contributed by atoms with van der Waals surface area (Å²) in [6.07, 6.45) is 0. The van der Waals surface area contributed by atoms with Gasteiger partial charge >= 0.3 is 0 Å². The molecule has 0 bridgehead atoms. The van der Waals surface area contributed by atoms with Gasteiger partial charge in [-0.2, -0.15) is 0 Å². The van der Waals surface area contributed by atoms with Crippen molar-refractivity contribution in [3.05, 3.63) is 45.4 Å². The molecule has 0 amide bonds. The molecular formula is C16H22ClN3S. The maximum Gasteiger partial charge on any atom is 0.185 e. The molecule has 5 heteroatoms. The topological polar surface area (TPSA) is 28.2 Å². The zero-order valence-electron chi connectivity index (χ0n) is 13.0. The smallest absolute Gasteiger partial charge is 0.185 e. The number of aryl methyl sites for hydroxylation is 1. The minimum atomic E-state index is 0.343. The Labute approximate surface area is 136 Å². The minimum Gasteiger partial charge on any atom is -0.347 e. The highest BCUT2D eigenvalue weighted by atomic mass is 35.5. The SMILES string of the molecule is CCNC(C)c1sc(N(C)Cc2ccccc2Cl)nc1C. The molecule has 1 aromatic heterocycles. The number of hydrogen-bond donors (Lipinski definition) is 1. The van der Waals surface area contributed by atoms with Crippen molar-refractivity contribution in [3.8, 4) is 0 Å². The maximum atomic E-state index is 6.23. The monoisotopic (exact) mass is 323 g/mol. The van der Waals surface area contributed by atoms with E-state index in [-0.39, 0.29) is 0 Å². The summed E-state index contributed by atoms with van der Waals surface area (Å²) in [6, 6.07) is 8.30. The summed E-state index contributed by atoms with van der Waals surface area (Å²) in [5.74, 6) is 0. The van der Waals surface area contributed by atoms with E-state index >= 15 is 0 Å². The van der Waals surface area contributed by atoms with E-state index < -0.39 is 0 Å². The number of thiazole rings is 1. The van der Waals surface area contributed by atoms with Crippen LogP contribution in [0.2, 0.25) is 5.02 Å². The third-order valence-electron chi connectivity index (χ3n) is 3.42. The van der Waals surface area contributed by atoms with Gasteiger partial charge in [-0.1, -0.05) is 36.7 Å². The van der Waals surface area contributed by atoms with Crippen LogP contribution in [-0.2, 0) is 6.54 Å². The lowest BCUT2D eigenvalue weighted by Gasteiger charge is -2.16. The van der Waals surface area contributed by atoms with E-state index in [1.807, 2.05) is 18.2 Å². The number of nitrogens with one attached hydrogen (secondary N) is 1. The summed E-state index contributed by atoms with van der Waals surface area (Å²) in [5, 5.41) is 5.28. The highest BCUT2D eigenvalue weighted by Crippen LogP contribution is 2.31. The van der Waals surface area contributed by atoms with Crippen molar-refractivity contribution < 1.29 is 0 Å². The molecule has 0 aliphatic heterocycles. The number of anilines is 1. The zero-order valence-corrected chi connectivity index (χ0v) is 14.6. The first-order chi connectivity index (χ1) is 10.0. The molecule has 1 unspecified atom stereocenters. The van der Waals surface area contributed by atoms with Gasteiger partial charge in [0.15, 0.2) is 5.13 Å². The number of benzene rings is 1. The van der Waals surface area contributed by atoms with Crippen molar-refractivity contribution in [2.45, 2.75) is 33.4 Å². The molecule has 0 spiro atoms. The lowest BCUT2D eigenvalue weighted by molar-refractivity contribution is 0.603. The van der Waals surface area contributed by atoms with Crippen LogP contribution in [0.3, 0.4) is 0 Å². The van der Waals surface area contributed by atoms with Crippen molar-refractivity contribution in [1.29, 1.82) is 0 Å². The van der Waals surface area contributed by atoms with Gasteiger partial charge in [0.25, 0.3) is 0 Å². The van der Waals surface area contributed by atoms with Gasteiger partial charge in [0, 0.05) is 29.5 Å². The maximum absolute atomic E-state index is 6.23. The fourth-order valence-electron chi connectivity index (χ4n) is 2.31. The van der Waals surface area contributed by atoms with Crippen molar-refractivity contribution in [3.63, 3.8) is 0 Å². The van der Waals surface area contributed by atoms with E-state index in [1.54, 1.807) is 11.3 Å². The van der Waals surface area contributed by atoms with E-state index in [9.17, 15) is 0 Å². The Balaban J connectivity index is 2.15. The van der Waals surface area contributed by atoms with Gasteiger partial charge in [-0.05, 0) is 32.0 Å². The van der Waals surface area contributed by atoms with Crippen LogP contribution in [0.5, 0.6) is 0 Å². The van der Waals surface area contributed by atoms with Crippen LogP contribution in [0.4, 0.5) is 5.13 Å². The number of nitrogens with zero attached hydrogens (tertiary/aromatic N) is 2. The van der Waals surface area contributed by atoms with Crippen LogP contribution in [0.15, 0.2) is 24.3 Å². The summed E-state index contributed by atoms with van der Waals surface area (Å²) in [5.41, 5.74) is 2.23. The Morgan fingerprint density at radius 1 is 1.38 bits per heavy atom. The average Bonchev–Trinajstić information content (AvgIpc) is 2.84. The Morgan fingerprint density at radius 2 is 2.10 bits per heavy atom. The lowest BCUT2D eigenvalue weighted by atomic mass is 10.2. The molecule has 0 radical (unpaired) electrons. The number of aromatic nitrogens is 1. The molecule has 1 aromatic carbocycles. The Kier molecular flexibility index (Phi) is 5.62. The van der Waals surface area contributed by atoms with Crippen LogP contribution in [0.1, 0.15) is 36.0 Å². The summed E-state index contributed by atoms with van der Waals surface area (Å²) >= 11 is 7.98. The summed E-state index contributed by atoms with van der Waals surface area (Å²) in [7, 11) is 2.06. The predicted molar refractivity (Wildman–Crippen MR) is 92.5 cm³/mol. The molecule has 0 aliphatic rings. The molecule has 1 N–H and O–H groups in total. The zero-order chi connectivity index (χ0) is 15.4. The molecule has 0 fully saturated rings. The summed E-state index contributed by atoms with van der Waals surface area (Å²) in [4.78, 5) is 8.16. The molecule has 1 heterocycles. The standard InChI is InChI=1S/C16H22ClN3S/c1-5-18-11(2)15-12(3)19-16(21-15)20(4)10-13-8-6-7-9-14(13)17/h6-9,11,18H,5,10H2,1-4H3. The van der Waals surface area contributed by atoms with E-state index in [4.69, 9.17) is 16.6 Å². The Hall–Kier alpha value is -1.10. The van der Waals surface area contributed by atoms with Gasteiger partial charge < -0.3 is 10.2 Å². The van der Waals surface area contributed by atoms with Crippen molar-refractivity contribution in [1.82, 2.24) is 10.3 Å². The molecule has 2 aromatic rings. The Morgan fingerprint density at radius 3 is 2.76 bits per heavy atom. The number of hydrogen-bond acceptors (Lipinski definition) is 4. The second kappa shape index (κ2) is 7.25. The molecule has 21 heavy (non-hydrogen) atoms. The molecule has 114 valence electrons. The van der Waals surface area contributed by atoms with Gasteiger partial charge in [0.05, 0.1) is 5.69 Å². The molecule has 3 nitrogen and oxygen atoms in total. The average molecular weight is 324 g/mol. The highest BCUT2D eigenvalue weighted by molar-refractivity contribution is 7.15. The van der Waals surface area contributed by atoms with Crippen LogP contribution in [0.25, 0.3) is 0 Å². The van der Waals surface area contributed by atoms with E-state index in [1.165, 1.54) is 4.88 Å². The largest absolute Gasteiger partial charge is 0.347 e. The van der Waals surface area contributed by atoms with Gasteiger partial charge in [-0.3, -0.25) is 0 Å². The first-order valence-electron chi connectivity index (χ1n) is 7.18. The molecule has 1 atom stereocenters. The van der Waals surface area contributed by atoms with Crippen LogP contribution < -0.4 is 10.2 Å². The van der Waals surface area contributed by atoms with Crippen molar-refractivity contribution >= 4 is 28.1 Å². The van der Waals surface area contributed by atoms with Crippen LogP contribution in [0, 0.1) is 6.92 Å². The first-order valence-corrected chi connectivity index (χ1v) is 8.37. The molecule has 0 saturated heterocycles. The fourth-order valence-corrected chi connectivity index (χ4v) is 3.56. The third kappa shape index (κ3) is 3.96. The second-order valence-electron chi connectivity index (χ2n) is 5.17. The van der Waals surface area contributed by atoms with Crippen molar-refractivity contribution in [2.75, 3.05) is 18.5 Å². The normalized spacial score (nSPS) is 12.4. The number of halogens is 1. The molecule has 0 saturated carbocycles. The lowest BCUT2D eigenvalue weighted by Crippen LogP contribution is -2.17. The van der Waals surface area contributed by atoms with Crippen LogP contribution >= 0.6 is 22.9 Å². The van der Waals surface area contributed by atoms with Gasteiger partial charge in [0.1, 0.15) is 0 Å².